The summed E-state index contributed by atoms with van der Waals surface area (Å²) in [5.74, 6) is 1.02. The molecule has 4 rings (SSSR count). The van der Waals surface area contributed by atoms with E-state index in [0.29, 0.717) is 24.0 Å². The van der Waals surface area contributed by atoms with Gasteiger partial charge < -0.3 is 5.32 Å². The van der Waals surface area contributed by atoms with Gasteiger partial charge in [0.2, 0.25) is 0 Å². The zero-order chi connectivity index (χ0) is 20.6. The van der Waals surface area contributed by atoms with E-state index < -0.39 is 9.84 Å². The second-order valence-corrected chi connectivity index (χ2v) is 10.1. The number of nitrogens with one attached hydrogen (secondary N) is 1. The fourth-order valence-corrected chi connectivity index (χ4v) is 4.47. The number of hydrogen-bond donors (Lipinski definition) is 1. The summed E-state index contributed by atoms with van der Waals surface area (Å²) in [6, 6.07) is 12.5. The average Bonchev–Trinajstić information content (AvgIpc) is 3.32. The summed E-state index contributed by atoms with van der Waals surface area (Å²) in [7, 11) is -3.24. The largest absolute Gasteiger partial charge is 0.378 e. The first kappa shape index (κ1) is 19.5. The molecule has 29 heavy (non-hydrogen) atoms. The zero-order valence-corrected chi connectivity index (χ0v) is 17.8. The summed E-state index contributed by atoms with van der Waals surface area (Å²) in [5.41, 5.74) is 2.65. The third kappa shape index (κ3) is 4.13. The third-order valence-electron chi connectivity index (χ3n) is 4.39. The first-order chi connectivity index (χ1) is 13.8. The molecule has 0 aliphatic heterocycles. The molecule has 0 bridgehead atoms. The van der Waals surface area contributed by atoms with Crippen LogP contribution in [0.25, 0.3) is 15.9 Å². The van der Waals surface area contributed by atoms with Crippen LogP contribution in [0.4, 0.5) is 5.69 Å². The van der Waals surface area contributed by atoms with Crippen molar-refractivity contribution in [3.05, 3.63) is 53.3 Å². The van der Waals surface area contributed by atoms with Gasteiger partial charge in [-0.25, -0.2) is 13.4 Å². The van der Waals surface area contributed by atoms with Crippen LogP contribution in [0.5, 0.6) is 0 Å². The molecule has 0 fully saturated rings. The van der Waals surface area contributed by atoms with Gasteiger partial charge in [0.05, 0.1) is 32.4 Å². The molecule has 0 radical (unpaired) electrons. The Morgan fingerprint density at radius 3 is 2.59 bits per heavy atom. The predicted octanol–water partition coefficient (Wildman–Crippen LogP) is 3.41. The Balaban J connectivity index is 1.53. The molecule has 0 atom stereocenters. The van der Waals surface area contributed by atoms with Crippen molar-refractivity contribution in [3.8, 4) is 5.69 Å². The van der Waals surface area contributed by atoms with Crippen LogP contribution in [0.2, 0.25) is 0 Å². The van der Waals surface area contributed by atoms with Crippen LogP contribution in [-0.4, -0.2) is 39.9 Å². The van der Waals surface area contributed by atoms with Crippen molar-refractivity contribution in [2.24, 2.45) is 0 Å². The van der Waals surface area contributed by atoms with E-state index in [1.54, 1.807) is 40.3 Å². The molecule has 2 heterocycles. The highest BCUT2D eigenvalue weighted by molar-refractivity contribution is 7.90. The molecule has 0 amide bonds. The van der Waals surface area contributed by atoms with Crippen molar-refractivity contribution in [1.82, 2.24) is 25.2 Å². The Morgan fingerprint density at radius 2 is 1.90 bits per heavy atom. The first-order valence-electron chi connectivity index (χ1n) is 9.03. The molecule has 0 saturated heterocycles. The molecule has 8 nitrogen and oxygen atoms in total. The second kappa shape index (κ2) is 7.53. The maximum Gasteiger partial charge on any atom is 0.175 e. The molecule has 0 aliphatic rings. The third-order valence-corrected chi connectivity index (χ3v) is 6.84. The quantitative estimate of drug-likeness (QED) is 0.502. The first-order valence-corrected chi connectivity index (χ1v) is 11.7. The number of tetrazole rings is 1. The van der Waals surface area contributed by atoms with Crippen LogP contribution in [0.15, 0.2) is 47.4 Å². The molecule has 1 N–H and O–H groups in total. The number of rotatable bonds is 6. The topological polar surface area (TPSA) is 103 Å². The van der Waals surface area contributed by atoms with E-state index in [1.165, 1.54) is 6.26 Å². The maximum atomic E-state index is 11.6. The molecule has 4 aromatic rings. The smallest absolute Gasteiger partial charge is 0.175 e. The van der Waals surface area contributed by atoms with Gasteiger partial charge in [-0.2, -0.15) is 4.68 Å². The summed E-state index contributed by atoms with van der Waals surface area (Å²) >= 11 is 1.70. The van der Waals surface area contributed by atoms with Gasteiger partial charge in [-0.3, -0.25) is 0 Å². The molecular weight excluding hydrogens is 408 g/mol. The van der Waals surface area contributed by atoms with E-state index >= 15 is 0 Å². The van der Waals surface area contributed by atoms with Gasteiger partial charge in [-0.15, -0.1) is 16.4 Å². The normalized spacial score (nSPS) is 12.0. The van der Waals surface area contributed by atoms with Gasteiger partial charge in [0.15, 0.2) is 15.7 Å². The Bertz CT molecular complexity index is 1260. The molecular formula is C19H20N6O2S2. The number of hydrogen-bond acceptors (Lipinski definition) is 8. The minimum atomic E-state index is -3.24. The highest BCUT2D eigenvalue weighted by Crippen LogP contribution is 2.29. The molecule has 2 aromatic heterocycles. The highest BCUT2D eigenvalue weighted by Gasteiger charge is 2.12. The molecule has 0 aliphatic carbocycles. The Kier molecular flexibility index (Phi) is 5.05. The lowest BCUT2D eigenvalue weighted by molar-refractivity contribution is 0.602. The van der Waals surface area contributed by atoms with E-state index in [4.69, 9.17) is 0 Å². The van der Waals surface area contributed by atoms with Crippen molar-refractivity contribution in [3.63, 3.8) is 0 Å². The number of nitrogens with zero attached hydrogens (tertiary/aromatic N) is 5. The Hall–Kier alpha value is -2.85. The summed E-state index contributed by atoms with van der Waals surface area (Å²) in [4.78, 5) is 4.91. The summed E-state index contributed by atoms with van der Waals surface area (Å²) < 4.78 is 26.0. The van der Waals surface area contributed by atoms with E-state index in [-0.39, 0.29) is 4.90 Å². The van der Waals surface area contributed by atoms with Crippen LogP contribution in [0.3, 0.4) is 0 Å². The van der Waals surface area contributed by atoms with Crippen molar-refractivity contribution in [1.29, 1.82) is 0 Å². The van der Waals surface area contributed by atoms with E-state index in [0.717, 1.165) is 20.9 Å². The lowest BCUT2D eigenvalue weighted by atomic mass is 10.2. The van der Waals surface area contributed by atoms with Crippen LogP contribution < -0.4 is 5.32 Å². The fraction of sp³-hybridized carbons (Fsp3) is 0.263. The summed E-state index contributed by atoms with van der Waals surface area (Å²) in [6.07, 6.45) is 1.18. The van der Waals surface area contributed by atoms with Crippen LogP contribution in [0, 0.1) is 0 Å². The van der Waals surface area contributed by atoms with Crippen LogP contribution >= 0.6 is 11.3 Å². The molecule has 2 aromatic carbocycles. The van der Waals surface area contributed by atoms with Gasteiger partial charge in [-0.05, 0) is 52.9 Å². The van der Waals surface area contributed by atoms with Crippen molar-refractivity contribution in [2.45, 2.75) is 31.2 Å². The van der Waals surface area contributed by atoms with Gasteiger partial charge in [0, 0.05) is 17.9 Å². The standard InChI is InChI=1S/C19H20N6O2S2/c1-12(2)19-21-16-9-4-13(10-17(16)28-19)20-11-18-22-23-24-25(18)14-5-7-15(8-6-14)29(3,26)27/h4-10,12,20H,11H2,1-3H3. The number of sulfone groups is 1. The van der Waals surface area contributed by atoms with Crippen molar-refractivity contribution in [2.75, 3.05) is 11.6 Å². The predicted molar refractivity (Wildman–Crippen MR) is 113 cm³/mol. The average molecular weight is 429 g/mol. The van der Waals surface area contributed by atoms with Crippen LogP contribution in [0.1, 0.15) is 30.6 Å². The molecule has 10 heteroatoms. The van der Waals surface area contributed by atoms with Gasteiger partial charge >= 0.3 is 0 Å². The maximum absolute atomic E-state index is 11.6. The van der Waals surface area contributed by atoms with Gasteiger partial charge in [0.25, 0.3) is 0 Å². The SMILES string of the molecule is CC(C)c1nc2ccc(NCc3nnnn3-c3ccc(S(C)(=O)=O)cc3)cc2s1. The zero-order valence-electron chi connectivity index (χ0n) is 16.2. The number of thiazole rings is 1. The molecule has 150 valence electrons. The highest BCUT2D eigenvalue weighted by atomic mass is 32.2. The lowest BCUT2D eigenvalue weighted by Crippen LogP contribution is -2.09. The van der Waals surface area contributed by atoms with Gasteiger partial charge in [0.1, 0.15) is 0 Å². The fourth-order valence-electron chi connectivity index (χ4n) is 2.83. The molecule has 0 unspecified atom stereocenters. The number of aromatic nitrogens is 5. The van der Waals surface area contributed by atoms with Crippen molar-refractivity contribution >= 4 is 37.1 Å². The Morgan fingerprint density at radius 1 is 1.14 bits per heavy atom. The lowest BCUT2D eigenvalue weighted by Gasteiger charge is -2.08. The number of benzene rings is 2. The number of anilines is 1. The van der Waals surface area contributed by atoms with Gasteiger partial charge in [-0.1, -0.05) is 13.8 Å². The summed E-state index contributed by atoms with van der Waals surface area (Å²) in [5, 5.41) is 16.3. The Labute approximate surface area is 172 Å². The van der Waals surface area contributed by atoms with Crippen molar-refractivity contribution < 1.29 is 8.42 Å². The number of fused-ring (bicyclic) bond motifs is 1. The van der Waals surface area contributed by atoms with E-state index in [1.807, 2.05) is 12.1 Å². The minimum absolute atomic E-state index is 0.257. The summed E-state index contributed by atoms with van der Waals surface area (Å²) in [6.45, 7) is 4.69. The van der Waals surface area contributed by atoms with Crippen LogP contribution in [-0.2, 0) is 16.4 Å². The molecule has 0 saturated carbocycles. The van der Waals surface area contributed by atoms with E-state index in [2.05, 4.69) is 45.7 Å². The second-order valence-electron chi connectivity index (χ2n) is 7.02. The molecule has 0 spiro atoms. The minimum Gasteiger partial charge on any atom is -0.378 e. The monoisotopic (exact) mass is 428 g/mol. The van der Waals surface area contributed by atoms with E-state index in [9.17, 15) is 8.42 Å².